The van der Waals surface area contributed by atoms with Crippen LogP contribution in [0.4, 0.5) is 0 Å². The van der Waals surface area contributed by atoms with Crippen LogP contribution in [0.15, 0.2) is 30.3 Å². The first-order chi connectivity index (χ1) is 15.7. The van der Waals surface area contributed by atoms with Gasteiger partial charge in [0.25, 0.3) is 0 Å². The molecule has 4 rings (SSSR count). The highest BCUT2D eigenvalue weighted by Gasteiger charge is 2.37. The number of hydrogen-bond acceptors (Lipinski definition) is 3. The summed E-state index contributed by atoms with van der Waals surface area (Å²) in [7, 11) is 0. The SMILES string of the molecule is CCC(C(=O)O)C1CN(Cc2c(OC3CCC(C(C)(C)C)CC3)cc(C)c3ccccc23)C1. The van der Waals surface area contributed by atoms with Gasteiger partial charge in [0.1, 0.15) is 5.75 Å². The molecule has 1 N–H and O–H groups in total. The fraction of sp³-hybridized carbons (Fsp3) is 0.621. The Kier molecular flexibility index (Phi) is 7.04. The van der Waals surface area contributed by atoms with E-state index < -0.39 is 5.97 Å². The van der Waals surface area contributed by atoms with Gasteiger partial charge in [0.15, 0.2) is 0 Å². The van der Waals surface area contributed by atoms with E-state index in [9.17, 15) is 9.90 Å². The van der Waals surface area contributed by atoms with Crippen molar-refractivity contribution in [1.82, 2.24) is 4.90 Å². The van der Waals surface area contributed by atoms with Crippen molar-refractivity contribution >= 4 is 16.7 Å². The molecule has 1 heterocycles. The number of benzene rings is 2. The molecule has 0 amide bonds. The molecule has 2 fully saturated rings. The molecule has 180 valence electrons. The van der Waals surface area contributed by atoms with Crippen molar-refractivity contribution < 1.29 is 14.6 Å². The molecule has 1 unspecified atom stereocenters. The van der Waals surface area contributed by atoms with Crippen LogP contribution in [-0.2, 0) is 11.3 Å². The molecule has 2 aromatic rings. The zero-order chi connectivity index (χ0) is 23.8. The zero-order valence-corrected chi connectivity index (χ0v) is 21.1. The summed E-state index contributed by atoms with van der Waals surface area (Å²) >= 11 is 0. The highest BCUT2D eigenvalue weighted by Crippen LogP contribution is 2.41. The van der Waals surface area contributed by atoms with Gasteiger partial charge in [-0.2, -0.15) is 0 Å². The van der Waals surface area contributed by atoms with E-state index >= 15 is 0 Å². The lowest BCUT2D eigenvalue weighted by molar-refractivity contribution is -0.146. The predicted octanol–water partition coefficient (Wildman–Crippen LogP) is 6.67. The molecular formula is C29H41NO3. The monoisotopic (exact) mass is 451 g/mol. The molecular weight excluding hydrogens is 410 g/mol. The van der Waals surface area contributed by atoms with Crippen molar-refractivity contribution in [3.63, 3.8) is 0 Å². The van der Waals surface area contributed by atoms with Gasteiger partial charge in [-0.15, -0.1) is 0 Å². The number of rotatable bonds is 7. The molecule has 4 nitrogen and oxygen atoms in total. The number of aryl methyl sites for hydroxylation is 1. The van der Waals surface area contributed by atoms with Gasteiger partial charge in [0, 0.05) is 25.2 Å². The quantitative estimate of drug-likeness (QED) is 0.510. The number of carboxylic acids is 1. The average Bonchev–Trinajstić information content (AvgIpc) is 2.74. The Balaban J connectivity index is 1.53. The number of carboxylic acid groups (broad SMARTS) is 1. The Morgan fingerprint density at radius 2 is 1.76 bits per heavy atom. The van der Waals surface area contributed by atoms with E-state index in [-0.39, 0.29) is 17.9 Å². The van der Waals surface area contributed by atoms with E-state index in [0.29, 0.717) is 11.8 Å². The summed E-state index contributed by atoms with van der Waals surface area (Å²) < 4.78 is 6.72. The smallest absolute Gasteiger partial charge is 0.306 e. The third-order valence-corrected chi connectivity index (χ3v) is 8.21. The second-order valence-corrected chi connectivity index (χ2v) is 11.5. The molecule has 1 aliphatic heterocycles. The summed E-state index contributed by atoms with van der Waals surface area (Å²) in [5.41, 5.74) is 2.89. The van der Waals surface area contributed by atoms with E-state index in [4.69, 9.17) is 4.74 Å². The van der Waals surface area contributed by atoms with E-state index in [0.717, 1.165) is 44.1 Å². The Bertz CT molecular complexity index is 978. The second kappa shape index (κ2) is 9.66. The van der Waals surface area contributed by atoms with Crippen LogP contribution in [-0.4, -0.2) is 35.2 Å². The molecule has 33 heavy (non-hydrogen) atoms. The number of nitrogens with zero attached hydrogens (tertiary/aromatic N) is 1. The van der Waals surface area contributed by atoms with Gasteiger partial charge < -0.3 is 9.84 Å². The largest absolute Gasteiger partial charge is 0.490 e. The summed E-state index contributed by atoms with van der Waals surface area (Å²) in [4.78, 5) is 13.9. The number of aliphatic carboxylic acids is 1. The molecule has 4 heteroatoms. The van der Waals surface area contributed by atoms with Crippen LogP contribution in [0.25, 0.3) is 10.8 Å². The van der Waals surface area contributed by atoms with Gasteiger partial charge in [-0.1, -0.05) is 52.0 Å². The third kappa shape index (κ3) is 5.21. The third-order valence-electron chi connectivity index (χ3n) is 8.21. The van der Waals surface area contributed by atoms with Crippen LogP contribution < -0.4 is 4.74 Å². The van der Waals surface area contributed by atoms with Crippen molar-refractivity contribution in [3.8, 4) is 5.75 Å². The van der Waals surface area contributed by atoms with E-state index in [1.165, 1.54) is 34.7 Å². The minimum Gasteiger partial charge on any atom is -0.490 e. The van der Waals surface area contributed by atoms with Gasteiger partial charge in [-0.25, -0.2) is 0 Å². The molecule has 0 radical (unpaired) electrons. The molecule has 0 bridgehead atoms. The van der Waals surface area contributed by atoms with Crippen molar-refractivity contribution in [3.05, 3.63) is 41.5 Å². The maximum Gasteiger partial charge on any atom is 0.306 e. The Hall–Kier alpha value is -2.07. The summed E-state index contributed by atoms with van der Waals surface area (Å²) in [6.45, 7) is 13.8. The number of likely N-dealkylation sites (tertiary alicyclic amines) is 1. The standard InChI is InChI=1S/C29H41NO3/c1-6-23(28(31)32)20-16-30(17-20)18-26-25-10-8-7-9-24(25)19(2)15-27(26)33-22-13-11-21(12-14-22)29(3,4)5/h7-10,15,20-23H,6,11-14,16-18H2,1-5H3,(H,31,32). The second-order valence-electron chi connectivity index (χ2n) is 11.5. The number of ether oxygens (including phenoxy) is 1. The maximum absolute atomic E-state index is 11.6. The number of fused-ring (bicyclic) bond motifs is 1. The summed E-state index contributed by atoms with van der Waals surface area (Å²) in [6.07, 6.45) is 5.69. The Labute approximate surface area is 199 Å². The van der Waals surface area contributed by atoms with Crippen LogP contribution in [0.5, 0.6) is 5.75 Å². The normalized spacial score (nSPS) is 23.3. The number of hydrogen-bond donors (Lipinski definition) is 1. The average molecular weight is 452 g/mol. The summed E-state index contributed by atoms with van der Waals surface area (Å²) in [5.74, 6) is 1.16. The van der Waals surface area contributed by atoms with Crippen LogP contribution in [0.3, 0.4) is 0 Å². The van der Waals surface area contributed by atoms with Crippen molar-refractivity contribution in [2.45, 2.75) is 79.4 Å². The minimum atomic E-state index is -0.655. The van der Waals surface area contributed by atoms with Crippen LogP contribution in [0.2, 0.25) is 0 Å². The van der Waals surface area contributed by atoms with Crippen LogP contribution >= 0.6 is 0 Å². The first-order valence-corrected chi connectivity index (χ1v) is 12.8. The highest BCUT2D eigenvalue weighted by molar-refractivity contribution is 5.90. The molecule has 0 aromatic heterocycles. The van der Waals surface area contributed by atoms with Gasteiger partial charge in [0.2, 0.25) is 0 Å². The summed E-state index contributed by atoms with van der Waals surface area (Å²) in [6, 6.07) is 10.9. The molecule has 1 atom stereocenters. The molecule has 1 aliphatic carbocycles. The van der Waals surface area contributed by atoms with E-state index in [1.807, 2.05) is 6.92 Å². The fourth-order valence-electron chi connectivity index (χ4n) is 6.01. The van der Waals surface area contributed by atoms with Crippen molar-refractivity contribution in [2.75, 3.05) is 13.1 Å². The lowest BCUT2D eigenvalue weighted by Crippen LogP contribution is -2.50. The van der Waals surface area contributed by atoms with Crippen molar-refractivity contribution in [2.24, 2.45) is 23.2 Å². The van der Waals surface area contributed by atoms with Gasteiger partial charge in [-0.05, 0) is 78.7 Å². The van der Waals surface area contributed by atoms with Gasteiger partial charge in [0.05, 0.1) is 12.0 Å². The molecule has 1 saturated carbocycles. The van der Waals surface area contributed by atoms with E-state index in [2.05, 4.69) is 62.9 Å². The Morgan fingerprint density at radius 3 is 2.33 bits per heavy atom. The Morgan fingerprint density at radius 1 is 1.12 bits per heavy atom. The lowest BCUT2D eigenvalue weighted by atomic mass is 9.72. The molecule has 0 spiro atoms. The lowest BCUT2D eigenvalue weighted by Gasteiger charge is -2.42. The minimum absolute atomic E-state index is 0.232. The van der Waals surface area contributed by atoms with Gasteiger partial charge >= 0.3 is 5.97 Å². The molecule has 2 aliphatic rings. The van der Waals surface area contributed by atoms with Gasteiger partial charge in [-0.3, -0.25) is 9.69 Å². The molecule has 2 aromatic carbocycles. The number of carbonyl (C=O) groups is 1. The highest BCUT2D eigenvalue weighted by atomic mass is 16.5. The predicted molar refractivity (Wildman–Crippen MR) is 135 cm³/mol. The van der Waals surface area contributed by atoms with Crippen molar-refractivity contribution in [1.29, 1.82) is 0 Å². The fourth-order valence-corrected chi connectivity index (χ4v) is 6.01. The van der Waals surface area contributed by atoms with Crippen LogP contribution in [0, 0.1) is 30.1 Å². The first kappa shape index (κ1) is 24.1. The summed E-state index contributed by atoms with van der Waals surface area (Å²) in [5, 5.41) is 12.1. The van der Waals surface area contributed by atoms with E-state index in [1.54, 1.807) is 0 Å². The molecule has 1 saturated heterocycles. The maximum atomic E-state index is 11.6. The topological polar surface area (TPSA) is 49.8 Å². The first-order valence-electron chi connectivity index (χ1n) is 12.8. The van der Waals surface area contributed by atoms with Crippen LogP contribution in [0.1, 0.15) is 70.9 Å². The zero-order valence-electron chi connectivity index (χ0n) is 21.1.